The fourth-order valence-corrected chi connectivity index (χ4v) is 3.00. The first-order valence-electron chi connectivity index (χ1n) is 8.84. The quantitative estimate of drug-likeness (QED) is 0.511. The van der Waals surface area contributed by atoms with Crippen LogP contribution in [-0.2, 0) is 13.7 Å². The Balaban J connectivity index is 1.54. The fraction of sp³-hybridized carbons (Fsp3) is 0.0909. The van der Waals surface area contributed by atoms with Gasteiger partial charge in [0.2, 0.25) is 0 Å². The largest absolute Gasteiger partial charge is 0.486 e. The zero-order valence-corrected chi connectivity index (χ0v) is 15.4. The molecule has 0 amide bonds. The molecule has 0 unspecified atom stereocenters. The molecule has 0 bridgehead atoms. The Bertz CT molecular complexity index is 1170. The van der Waals surface area contributed by atoms with Gasteiger partial charge in [-0.15, -0.1) is 0 Å². The maximum absolute atomic E-state index is 8.87. The number of nitrogens with zero attached hydrogens (tertiary/aromatic N) is 3. The van der Waals surface area contributed by atoms with Crippen LogP contribution in [0.25, 0.3) is 11.0 Å². The molecule has 0 aliphatic heterocycles. The van der Waals surface area contributed by atoms with Crippen LogP contribution in [0.2, 0.25) is 0 Å². The van der Waals surface area contributed by atoms with Gasteiger partial charge in [0.1, 0.15) is 18.2 Å². The molecule has 3 N–H and O–H groups in total. The summed E-state index contributed by atoms with van der Waals surface area (Å²) in [5.41, 5.74) is 11.0. The van der Waals surface area contributed by atoms with Gasteiger partial charge in [0.25, 0.3) is 0 Å². The molecule has 28 heavy (non-hydrogen) atoms. The molecule has 4 aromatic rings. The Hall–Kier alpha value is -3.98. The zero-order valence-electron chi connectivity index (χ0n) is 15.4. The van der Waals surface area contributed by atoms with E-state index < -0.39 is 0 Å². The maximum Gasteiger partial charge on any atom is 0.147 e. The molecule has 6 nitrogen and oxygen atoms in total. The Kier molecular flexibility index (Phi) is 4.56. The number of ether oxygens (including phenoxy) is 1. The van der Waals surface area contributed by atoms with Crippen molar-refractivity contribution in [2.45, 2.75) is 6.61 Å². The van der Waals surface area contributed by atoms with Crippen LogP contribution in [0.3, 0.4) is 0 Å². The van der Waals surface area contributed by atoms with Crippen molar-refractivity contribution in [3.05, 3.63) is 78.1 Å². The second-order valence-electron chi connectivity index (χ2n) is 6.43. The molecule has 0 aliphatic carbocycles. The van der Waals surface area contributed by atoms with Crippen molar-refractivity contribution >= 4 is 28.1 Å². The minimum Gasteiger partial charge on any atom is -0.486 e. The van der Waals surface area contributed by atoms with Crippen molar-refractivity contribution in [3.63, 3.8) is 0 Å². The van der Waals surface area contributed by atoms with E-state index in [2.05, 4.69) is 11.4 Å². The molecule has 0 saturated carbocycles. The zero-order chi connectivity index (χ0) is 19.5. The lowest BCUT2D eigenvalue weighted by Gasteiger charge is -2.09. The molecule has 0 saturated heterocycles. The van der Waals surface area contributed by atoms with Gasteiger partial charge in [-0.2, -0.15) is 5.26 Å². The van der Waals surface area contributed by atoms with Gasteiger partial charge in [0.15, 0.2) is 0 Å². The number of aryl methyl sites for hydroxylation is 1. The van der Waals surface area contributed by atoms with Gasteiger partial charge in [-0.1, -0.05) is 12.1 Å². The van der Waals surface area contributed by atoms with Crippen molar-refractivity contribution < 1.29 is 4.74 Å². The summed E-state index contributed by atoms with van der Waals surface area (Å²) >= 11 is 0. The number of nitriles is 1. The predicted molar refractivity (Wildman–Crippen MR) is 110 cm³/mol. The topological polar surface area (TPSA) is 88.9 Å². The summed E-state index contributed by atoms with van der Waals surface area (Å²) in [7, 11) is 1.97. The first-order chi connectivity index (χ1) is 13.6. The number of fused-ring (bicyclic) bond motifs is 1. The first-order valence-corrected chi connectivity index (χ1v) is 8.84. The molecule has 6 heteroatoms. The van der Waals surface area contributed by atoms with Crippen molar-refractivity contribution in [1.29, 1.82) is 5.26 Å². The van der Waals surface area contributed by atoms with E-state index in [1.807, 2.05) is 54.1 Å². The minimum atomic E-state index is 0.339. The first kappa shape index (κ1) is 17.4. The number of hydrogen-bond acceptors (Lipinski definition) is 5. The highest BCUT2D eigenvalue weighted by molar-refractivity contribution is 5.83. The number of benzene rings is 3. The number of para-hydroxylation sites is 2. The number of nitrogens with one attached hydrogen (secondary N) is 1. The fourth-order valence-electron chi connectivity index (χ4n) is 3.00. The van der Waals surface area contributed by atoms with Crippen LogP contribution in [0.1, 0.15) is 11.4 Å². The predicted octanol–water partition coefficient (Wildman–Crippen LogP) is 4.35. The van der Waals surface area contributed by atoms with Crippen molar-refractivity contribution in [1.82, 2.24) is 9.55 Å². The van der Waals surface area contributed by atoms with E-state index in [1.165, 1.54) is 0 Å². The van der Waals surface area contributed by atoms with Gasteiger partial charge in [0.05, 0.1) is 34.0 Å². The van der Waals surface area contributed by atoms with Gasteiger partial charge < -0.3 is 20.4 Å². The van der Waals surface area contributed by atoms with Gasteiger partial charge in [-0.25, -0.2) is 4.98 Å². The van der Waals surface area contributed by atoms with Crippen LogP contribution >= 0.6 is 0 Å². The molecule has 1 heterocycles. The number of nitrogen functional groups attached to an aromatic ring is 1. The Morgan fingerprint density at radius 2 is 1.89 bits per heavy atom. The molecule has 3 aromatic carbocycles. The van der Waals surface area contributed by atoms with E-state index in [0.717, 1.165) is 28.2 Å². The van der Waals surface area contributed by atoms with Crippen molar-refractivity contribution in [3.8, 4) is 11.8 Å². The number of hydrogen-bond donors (Lipinski definition) is 2. The Morgan fingerprint density at radius 1 is 1.11 bits per heavy atom. The Labute approximate surface area is 162 Å². The summed E-state index contributed by atoms with van der Waals surface area (Å²) in [4.78, 5) is 4.70. The van der Waals surface area contributed by atoms with Crippen LogP contribution in [0, 0.1) is 11.3 Å². The van der Waals surface area contributed by atoms with E-state index in [9.17, 15) is 0 Å². The third-order valence-corrected chi connectivity index (χ3v) is 4.56. The number of nitrogens with two attached hydrogens (primary N) is 1. The SMILES string of the molecule is Cn1c(COc2ccc(C#N)cc2)nc2cc(Nc3ccccc3N)ccc21. The third-order valence-electron chi connectivity index (χ3n) is 4.56. The smallest absolute Gasteiger partial charge is 0.147 e. The monoisotopic (exact) mass is 369 g/mol. The molecule has 4 rings (SSSR count). The highest BCUT2D eigenvalue weighted by Crippen LogP contribution is 2.26. The standard InChI is InChI=1S/C22H19N5O/c1-27-21-11-8-16(25-19-5-3-2-4-18(19)24)12-20(21)26-22(27)14-28-17-9-6-15(13-23)7-10-17/h2-12,25H,14,24H2,1H3. The molecule has 138 valence electrons. The summed E-state index contributed by atoms with van der Waals surface area (Å²) in [6.45, 7) is 0.339. The lowest BCUT2D eigenvalue weighted by Crippen LogP contribution is -2.03. The van der Waals surface area contributed by atoms with Crippen LogP contribution in [-0.4, -0.2) is 9.55 Å². The van der Waals surface area contributed by atoms with E-state index in [-0.39, 0.29) is 0 Å². The van der Waals surface area contributed by atoms with Crippen molar-refractivity contribution in [2.75, 3.05) is 11.1 Å². The molecular weight excluding hydrogens is 350 g/mol. The molecule has 0 fully saturated rings. The number of aromatic nitrogens is 2. The van der Waals surface area contributed by atoms with Crippen LogP contribution in [0.5, 0.6) is 5.75 Å². The molecule has 0 aliphatic rings. The highest BCUT2D eigenvalue weighted by Gasteiger charge is 2.10. The number of anilines is 3. The van der Waals surface area contributed by atoms with Gasteiger partial charge >= 0.3 is 0 Å². The van der Waals surface area contributed by atoms with Crippen LogP contribution in [0.15, 0.2) is 66.7 Å². The summed E-state index contributed by atoms with van der Waals surface area (Å²) in [5.74, 6) is 1.52. The molecule has 1 aromatic heterocycles. The minimum absolute atomic E-state index is 0.339. The molecule has 0 atom stereocenters. The van der Waals surface area contributed by atoms with Crippen molar-refractivity contribution in [2.24, 2.45) is 7.05 Å². The van der Waals surface area contributed by atoms with Gasteiger partial charge in [-0.3, -0.25) is 0 Å². The van der Waals surface area contributed by atoms with E-state index in [0.29, 0.717) is 23.6 Å². The number of rotatable bonds is 5. The lowest BCUT2D eigenvalue weighted by molar-refractivity contribution is 0.292. The lowest BCUT2D eigenvalue weighted by atomic mass is 10.2. The summed E-state index contributed by atoms with van der Waals surface area (Å²) in [6.07, 6.45) is 0. The molecular formula is C22H19N5O. The van der Waals surface area contributed by atoms with Gasteiger partial charge in [-0.05, 0) is 54.6 Å². The van der Waals surface area contributed by atoms with E-state index >= 15 is 0 Å². The molecule has 0 radical (unpaired) electrons. The second kappa shape index (κ2) is 7.33. The van der Waals surface area contributed by atoms with E-state index in [1.54, 1.807) is 24.3 Å². The second-order valence-corrected chi connectivity index (χ2v) is 6.43. The summed E-state index contributed by atoms with van der Waals surface area (Å²) < 4.78 is 7.83. The number of imidazole rings is 1. The molecule has 0 spiro atoms. The van der Waals surface area contributed by atoms with E-state index in [4.69, 9.17) is 20.7 Å². The summed E-state index contributed by atoms with van der Waals surface area (Å²) in [5, 5.41) is 12.2. The maximum atomic E-state index is 8.87. The summed E-state index contributed by atoms with van der Waals surface area (Å²) in [6, 6.07) is 22.8. The Morgan fingerprint density at radius 3 is 2.64 bits per heavy atom. The average molecular weight is 369 g/mol. The van der Waals surface area contributed by atoms with Gasteiger partial charge in [0, 0.05) is 12.7 Å². The third kappa shape index (κ3) is 3.46. The highest BCUT2D eigenvalue weighted by atomic mass is 16.5. The average Bonchev–Trinajstić information content (AvgIpc) is 3.03. The normalized spacial score (nSPS) is 10.6. The van der Waals surface area contributed by atoms with Crippen LogP contribution in [0.4, 0.5) is 17.1 Å². The van der Waals surface area contributed by atoms with Crippen LogP contribution < -0.4 is 15.8 Å².